The summed E-state index contributed by atoms with van der Waals surface area (Å²) in [6.07, 6.45) is 4.44. The molecule has 0 radical (unpaired) electrons. The number of fused-ring (bicyclic) bond motifs is 1. The minimum absolute atomic E-state index is 0.146. The summed E-state index contributed by atoms with van der Waals surface area (Å²) in [6, 6.07) is 2.06. The SMILES string of the molecule is CCN(CC(C)C)c1nc2c(cc1C(N)=NO)CCCC2. The van der Waals surface area contributed by atoms with Crippen molar-refractivity contribution >= 4 is 11.7 Å². The van der Waals surface area contributed by atoms with Crippen molar-refractivity contribution in [2.45, 2.75) is 46.5 Å². The first-order valence-electron chi connectivity index (χ1n) is 7.82. The summed E-state index contributed by atoms with van der Waals surface area (Å²) in [7, 11) is 0. The fraction of sp³-hybridized carbons (Fsp3) is 0.625. The van der Waals surface area contributed by atoms with E-state index >= 15 is 0 Å². The number of hydrogen-bond acceptors (Lipinski definition) is 4. The lowest BCUT2D eigenvalue weighted by Crippen LogP contribution is -2.32. The lowest BCUT2D eigenvalue weighted by molar-refractivity contribution is 0.318. The van der Waals surface area contributed by atoms with Gasteiger partial charge in [-0.2, -0.15) is 0 Å². The molecule has 1 aromatic rings. The number of rotatable bonds is 5. The molecule has 1 aliphatic carbocycles. The van der Waals surface area contributed by atoms with Gasteiger partial charge in [0.05, 0.1) is 5.56 Å². The normalized spacial score (nSPS) is 15.1. The van der Waals surface area contributed by atoms with Crippen LogP contribution in [0.2, 0.25) is 0 Å². The van der Waals surface area contributed by atoms with Crippen molar-refractivity contribution in [3.8, 4) is 0 Å². The van der Waals surface area contributed by atoms with Crippen molar-refractivity contribution in [1.82, 2.24) is 4.98 Å². The molecule has 116 valence electrons. The molecule has 1 aromatic heterocycles. The highest BCUT2D eigenvalue weighted by atomic mass is 16.4. The lowest BCUT2D eigenvalue weighted by Gasteiger charge is -2.28. The molecule has 5 heteroatoms. The van der Waals surface area contributed by atoms with Crippen LogP contribution in [0.5, 0.6) is 0 Å². The summed E-state index contributed by atoms with van der Waals surface area (Å²) in [5.74, 6) is 1.53. The summed E-state index contributed by atoms with van der Waals surface area (Å²) in [5.41, 5.74) is 9.05. The van der Waals surface area contributed by atoms with Crippen LogP contribution in [-0.4, -0.2) is 29.1 Å². The highest BCUT2D eigenvalue weighted by Gasteiger charge is 2.21. The number of nitrogens with two attached hydrogens (primary N) is 1. The Labute approximate surface area is 126 Å². The number of oxime groups is 1. The van der Waals surface area contributed by atoms with Crippen LogP contribution in [0.4, 0.5) is 5.82 Å². The molecule has 0 bridgehead atoms. The number of anilines is 1. The van der Waals surface area contributed by atoms with Gasteiger partial charge in [0.15, 0.2) is 5.84 Å². The molecule has 0 aromatic carbocycles. The molecule has 0 spiro atoms. The van der Waals surface area contributed by atoms with E-state index < -0.39 is 0 Å². The molecular weight excluding hydrogens is 264 g/mol. The number of aryl methyl sites for hydroxylation is 2. The maximum atomic E-state index is 9.07. The second-order valence-electron chi connectivity index (χ2n) is 6.09. The van der Waals surface area contributed by atoms with Crippen molar-refractivity contribution in [2.24, 2.45) is 16.8 Å². The van der Waals surface area contributed by atoms with Crippen molar-refractivity contribution in [1.29, 1.82) is 0 Å². The zero-order chi connectivity index (χ0) is 15.4. The van der Waals surface area contributed by atoms with Crippen LogP contribution in [0.25, 0.3) is 0 Å². The van der Waals surface area contributed by atoms with E-state index in [1.54, 1.807) is 0 Å². The van der Waals surface area contributed by atoms with Crippen LogP contribution in [-0.2, 0) is 12.8 Å². The Balaban J connectivity index is 2.50. The van der Waals surface area contributed by atoms with Gasteiger partial charge in [-0.05, 0) is 50.2 Å². The van der Waals surface area contributed by atoms with Gasteiger partial charge >= 0.3 is 0 Å². The molecule has 0 amide bonds. The summed E-state index contributed by atoms with van der Waals surface area (Å²) >= 11 is 0. The predicted octanol–water partition coefficient (Wildman–Crippen LogP) is 2.54. The van der Waals surface area contributed by atoms with E-state index in [2.05, 4.69) is 36.9 Å². The van der Waals surface area contributed by atoms with Gasteiger partial charge in [0.1, 0.15) is 5.82 Å². The first-order valence-corrected chi connectivity index (χ1v) is 7.82. The summed E-state index contributed by atoms with van der Waals surface area (Å²) < 4.78 is 0. The third-order valence-corrected chi connectivity index (χ3v) is 3.93. The molecule has 0 atom stereocenters. The number of nitrogens with zero attached hydrogens (tertiary/aromatic N) is 3. The van der Waals surface area contributed by atoms with Gasteiger partial charge in [-0.3, -0.25) is 0 Å². The molecule has 0 fully saturated rings. The highest BCUT2D eigenvalue weighted by Crippen LogP contribution is 2.27. The van der Waals surface area contributed by atoms with Gasteiger partial charge in [0.25, 0.3) is 0 Å². The second kappa shape index (κ2) is 6.78. The largest absolute Gasteiger partial charge is 0.409 e. The summed E-state index contributed by atoms with van der Waals surface area (Å²) in [5, 5.41) is 12.3. The molecule has 21 heavy (non-hydrogen) atoms. The first-order chi connectivity index (χ1) is 10.1. The van der Waals surface area contributed by atoms with Crippen LogP contribution in [0, 0.1) is 5.92 Å². The van der Waals surface area contributed by atoms with Crippen molar-refractivity contribution in [3.63, 3.8) is 0 Å². The zero-order valence-electron chi connectivity index (χ0n) is 13.3. The maximum absolute atomic E-state index is 9.07. The van der Waals surface area contributed by atoms with Crippen LogP contribution in [0.15, 0.2) is 11.2 Å². The molecule has 0 unspecified atom stereocenters. The van der Waals surface area contributed by atoms with Crippen molar-refractivity contribution in [3.05, 3.63) is 22.9 Å². The van der Waals surface area contributed by atoms with Gasteiger partial charge in [-0.25, -0.2) is 4.98 Å². The standard InChI is InChI=1S/C16H26N4O/c1-4-20(10-11(2)3)16-13(15(17)19-21)9-12-7-5-6-8-14(12)18-16/h9,11,21H,4-8,10H2,1-3H3,(H2,17,19). The molecule has 1 heterocycles. The van der Waals surface area contributed by atoms with E-state index in [9.17, 15) is 0 Å². The number of amidine groups is 1. The van der Waals surface area contributed by atoms with Crippen LogP contribution >= 0.6 is 0 Å². The first kappa shape index (κ1) is 15.6. The van der Waals surface area contributed by atoms with Gasteiger partial charge in [0, 0.05) is 18.8 Å². The van der Waals surface area contributed by atoms with E-state index in [4.69, 9.17) is 15.9 Å². The maximum Gasteiger partial charge on any atom is 0.173 e. The highest BCUT2D eigenvalue weighted by molar-refractivity contribution is 6.01. The molecule has 2 rings (SSSR count). The van der Waals surface area contributed by atoms with Crippen molar-refractivity contribution in [2.75, 3.05) is 18.0 Å². The minimum Gasteiger partial charge on any atom is -0.409 e. The lowest BCUT2D eigenvalue weighted by atomic mass is 9.94. The van der Waals surface area contributed by atoms with E-state index in [1.807, 2.05) is 0 Å². The third kappa shape index (κ3) is 3.46. The minimum atomic E-state index is 0.146. The molecule has 1 aliphatic rings. The van der Waals surface area contributed by atoms with E-state index in [1.165, 1.54) is 24.1 Å². The van der Waals surface area contributed by atoms with Crippen LogP contribution in [0.1, 0.15) is 50.4 Å². The van der Waals surface area contributed by atoms with Crippen LogP contribution in [0.3, 0.4) is 0 Å². The van der Waals surface area contributed by atoms with Gasteiger partial charge in [-0.15, -0.1) is 0 Å². The molecule has 0 saturated heterocycles. The Morgan fingerprint density at radius 1 is 1.43 bits per heavy atom. The Morgan fingerprint density at radius 3 is 2.76 bits per heavy atom. The topological polar surface area (TPSA) is 74.7 Å². The summed E-state index contributed by atoms with van der Waals surface area (Å²) in [6.45, 7) is 8.25. The van der Waals surface area contributed by atoms with Gasteiger partial charge in [-0.1, -0.05) is 19.0 Å². The number of aromatic nitrogens is 1. The molecule has 5 nitrogen and oxygen atoms in total. The number of pyridine rings is 1. The van der Waals surface area contributed by atoms with Gasteiger partial charge < -0.3 is 15.8 Å². The van der Waals surface area contributed by atoms with E-state index in [0.29, 0.717) is 5.92 Å². The average Bonchev–Trinajstić information content (AvgIpc) is 2.50. The fourth-order valence-electron chi connectivity index (χ4n) is 2.91. The average molecular weight is 290 g/mol. The predicted molar refractivity (Wildman–Crippen MR) is 86.1 cm³/mol. The zero-order valence-corrected chi connectivity index (χ0v) is 13.3. The van der Waals surface area contributed by atoms with Crippen molar-refractivity contribution < 1.29 is 5.21 Å². The molecular formula is C16H26N4O. The molecule has 3 N–H and O–H groups in total. The van der Waals surface area contributed by atoms with Crippen LogP contribution < -0.4 is 10.6 Å². The second-order valence-corrected chi connectivity index (χ2v) is 6.09. The Morgan fingerprint density at radius 2 is 2.14 bits per heavy atom. The Bertz CT molecular complexity index is 525. The monoisotopic (exact) mass is 290 g/mol. The smallest absolute Gasteiger partial charge is 0.173 e. The third-order valence-electron chi connectivity index (χ3n) is 3.93. The molecule has 0 saturated carbocycles. The Hall–Kier alpha value is -1.78. The van der Waals surface area contributed by atoms with Gasteiger partial charge in [0.2, 0.25) is 0 Å². The quantitative estimate of drug-likeness (QED) is 0.378. The fourth-order valence-corrected chi connectivity index (χ4v) is 2.91. The molecule has 0 aliphatic heterocycles. The summed E-state index contributed by atoms with van der Waals surface area (Å²) in [4.78, 5) is 7.08. The number of hydrogen-bond donors (Lipinski definition) is 2. The Kier molecular flexibility index (Phi) is 5.04. The van der Waals surface area contributed by atoms with E-state index in [0.717, 1.165) is 37.3 Å². The van der Waals surface area contributed by atoms with E-state index in [-0.39, 0.29) is 5.84 Å².